The summed E-state index contributed by atoms with van der Waals surface area (Å²) in [6, 6.07) is 27.7. The number of aryl methyl sites for hydroxylation is 2. The molecule has 2 nitrogen and oxygen atoms in total. The first kappa shape index (κ1) is 24.1. The maximum atomic E-state index is 4.23. The van der Waals surface area contributed by atoms with Crippen molar-refractivity contribution in [2.24, 2.45) is 0 Å². The van der Waals surface area contributed by atoms with Crippen molar-refractivity contribution in [1.82, 2.24) is 10.6 Å². The van der Waals surface area contributed by atoms with Gasteiger partial charge in [-0.25, -0.2) is 0 Å². The Morgan fingerprint density at radius 3 is 2.03 bits per heavy atom. The van der Waals surface area contributed by atoms with Gasteiger partial charge in [0.1, 0.15) is 0 Å². The van der Waals surface area contributed by atoms with Crippen molar-refractivity contribution in [2.45, 2.75) is 46.2 Å². The van der Waals surface area contributed by atoms with Gasteiger partial charge in [-0.15, -0.1) is 0 Å². The van der Waals surface area contributed by atoms with Gasteiger partial charge in [0.2, 0.25) is 0 Å². The van der Waals surface area contributed by atoms with Gasteiger partial charge in [-0.3, -0.25) is 0 Å². The molecule has 0 bridgehead atoms. The Bertz CT molecular complexity index is 1080. The smallest absolute Gasteiger partial charge is 0.0397 e. The highest BCUT2D eigenvalue weighted by Gasteiger charge is 2.02. The molecule has 0 aliphatic carbocycles. The number of hydrogen-bond acceptors (Lipinski definition) is 2. The van der Waals surface area contributed by atoms with Crippen LogP contribution in [0.1, 0.15) is 47.6 Å². The molecule has 0 spiro atoms. The highest BCUT2D eigenvalue weighted by Crippen LogP contribution is 2.19. The lowest BCUT2D eigenvalue weighted by Gasteiger charge is -2.12. The highest BCUT2D eigenvalue weighted by atomic mass is 14.9. The molecule has 170 valence electrons. The fraction of sp³-hybridized carbons (Fsp3) is 0.226. The van der Waals surface area contributed by atoms with Gasteiger partial charge in [-0.1, -0.05) is 92.0 Å². The van der Waals surface area contributed by atoms with E-state index < -0.39 is 0 Å². The first-order valence-electron chi connectivity index (χ1n) is 11.7. The van der Waals surface area contributed by atoms with Crippen LogP contribution in [-0.4, -0.2) is 0 Å². The Hall–Kier alpha value is -3.52. The summed E-state index contributed by atoms with van der Waals surface area (Å²) in [7, 11) is 0. The molecule has 0 radical (unpaired) electrons. The fourth-order valence-corrected chi connectivity index (χ4v) is 3.81. The minimum Gasteiger partial charge on any atom is -0.385 e. The van der Waals surface area contributed by atoms with E-state index >= 15 is 0 Å². The molecule has 2 N–H and O–H groups in total. The van der Waals surface area contributed by atoms with Crippen LogP contribution >= 0.6 is 0 Å². The molecule has 3 aromatic carbocycles. The van der Waals surface area contributed by atoms with Gasteiger partial charge in [-0.05, 0) is 72.6 Å². The second kappa shape index (κ2) is 12.5. The maximum Gasteiger partial charge on any atom is 0.0397 e. The summed E-state index contributed by atoms with van der Waals surface area (Å²) in [5.41, 5.74) is 9.60. The SMILES string of the molecule is C=C(CCCc1ccccc1)NCc1ccc(CN/C(C)=C/C(=C)c2ccccc2C)cc1. The van der Waals surface area contributed by atoms with Crippen molar-refractivity contribution in [3.8, 4) is 0 Å². The maximum absolute atomic E-state index is 4.23. The average molecular weight is 437 g/mol. The van der Waals surface area contributed by atoms with Crippen molar-refractivity contribution >= 4 is 5.57 Å². The van der Waals surface area contributed by atoms with Crippen LogP contribution in [0.25, 0.3) is 5.57 Å². The van der Waals surface area contributed by atoms with Gasteiger partial charge in [-0.2, -0.15) is 0 Å². The van der Waals surface area contributed by atoms with Crippen LogP contribution in [-0.2, 0) is 19.5 Å². The minimum atomic E-state index is 0.795. The topological polar surface area (TPSA) is 24.1 Å². The fourth-order valence-electron chi connectivity index (χ4n) is 3.81. The van der Waals surface area contributed by atoms with Crippen LogP contribution in [0.3, 0.4) is 0 Å². The molecule has 2 heteroatoms. The summed E-state index contributed by atoms with van der Waals surface area (Å²) in [5, 5.41) is 6.96. The summed E-state index contributed by atoms with van der Waals surface area (Å²) >= 11 is 0. The first-order valence-corrected chi connectivity index (χ1v) is 11.7. The van der Waals surface area contributed by atoms with Crippen LogP contribution in [0.4, 0.5) is 0 Å². The zero-order valence-electron chi connectivity index (χ0n) is 20.0. The van der Waals surface area contributed by atoms with Crippen molar-refractivity contribution in [1.29, 1.82) is 0 Å². The van der Waals surface area contributed by atoms with Gasteiger partial charge in [0.25, 0.3) is 0 Å². The molecule has 33 heavy (non-hydrogen) atoms. The molecule has 0 aliphatic rings. The normalized spacial score (nSPS) is 11.2. The van der Waals surface area contributed by atoms with Crippen molar-refractivity contribution in [2.75, 3.05) is 0 Å². The lowest BCUT2D eigenvalue weighted by atomic mass is 10.0. The van der Waals surface area contributed by atoms with Gasteiger partial charge >= 0.3 is 0 Å². The molecule has 0 aliphatic heterocycles. The van der Waals surface area contributed by atoms with E-state index in [1.54, 1.807) is 0 Å². The van der Waals surface area contributed by atoms with E-state index in [4.69, 9.17) is 0 Å². The molecule has 0 unspecified atom stereocenters. The summed E-state index contributed by atoms with van der Waals surface area (Å²) in [5.74, 6) is 0. The van der Waals surface area contributed by atoms with E-state index in [9.17, 15) is 0 Å². The van der Waals surface area contributed by atoms with Crippen LogP contribution in [0.5, 0.6) is 0 Å². The molecule has 3 aromatic rings. The summed E-state index contributed by atoms with van der Waals surface area (Å²) in [6.07, 6.45) is 5.32. The molecule has 3 rings (SSSR count). The van der Waals surface area contributed by atoms with Crippen LogP contribution < -0.4 is 10.6 Å². The Morgan fingerprint density at radius 2 is 1.36 bits per heavy atom. The quantitative estimate of drug-likeness (QED) is 0.290. The minimum absolute atomic E-state index is 0.795. The Balaban J connectivity index is 1.39. The lowest BCUT2D eigenvalue weighted by Crippen LogP contribution is -2.13. The molecule has 0 atom stereocenters. The molecular weight excluding hydrogens is 400 g/mol. The van der Waals surface area contributed by atoms with Crippen molar-refractivity contribution in [3.63, 3.8) is 0 Å². The summed E-state index contributed by atoms with van der Waals surface area (Å²) < 4.78 is 0. The Morgan fingerprint density at radius 1 is 0.758 bits per heavy atom. The predicted octanol–water partition coefficient (Wildman–Crippen LogP) is 7.33. The van der Waals surface area contributed by atoms with Gasteiger partial charge in [0, 0.05) is 24.5 Å². The molecule has 0 fully saturated rings. The third-order valence-electron chi connectivity index (χ3n) is 5.81. The monoisotopic (exact) mass is 436 g/mol. The number of allylic oxidation sites excluding steroid dienone is 4. The van der Waals surface area contributed by atoms with E-state index in [0.717, 1.165) is 49.3 Å². The predicted molar refractivity (Wildman–Crippen MR) is 143 cm³/mol. The number of hydrogen-bond donors (Lipinski definition) is 2. The number of benzene rings is 3. The zero-order valence-corrected chi connectivity index (χ0v) is 20.0. The summed E-state index contributed by atoms with van der Waals surface area (Å²) in [4.78, 5) is 0. The van der Waals surface area contributed by atoms with Gasteiger partial charge < -0.3 is 10.6 Å². The van der Waals surface area contributed by atoms with E-state index in [1.807, 2.05) is 0 Å². The molecule has 0 heterocycles. The molecule has 0 amide bonds. The van der Waals surface area contributed by atoms with Crippen molar-refractivity contribution in [3.05, 3.63) is 137 Å². The third kappa shape index (κ3) is 8.16. The number of rotatable bonds is 12. The lowest BCUT2D eigenvalue weighted by molar-refractivity contribution is 0.712. The summed E-state index contributed by atoms with van der Waals surface area (Å²) in [6.45, 7) is 14.2. The zero-order chi connectivity index (χ0) is 23.5. The molecule has 0 saturated heterocycles. The van der Waals surface area contributed by atoms with Crippen molar-refractivity contribution < 1.29 is 0 Å². The molecular formula is C31H36N2. The average Bonchev–Trinajstić information content (AvgIpc) is 2.83. The largest absolute Gasteiger partial charge is 0.385 e. The van der Waals surface area contributed by atoms with E-state index in [0.29, 0.717) is 0 Å². The van der Waals surface area contributed by atoms with Gasteiger partial charge in [0.05, 0.1) is 0 Å². The molecule has 0 aromatic heterocycles. The standard InChI is InChI=1S/C31H36N2/c1-24-11-8-9-16-31(24)25(2)21-27(4)33-23-30-19-17-29(18-20-30)22-32-26(3)12-10-15-28-13-6-5-7-14-28/h5-9,11,13-14,16-21,32-33H,2-3,10,12,15,22-23H2,1,4H3/b27-21+. The second-order valence-corrected chi connectivity index (χ2v) is 8.63. The first-order chi connectivity index (χ1) is 16.0. The van der Waals surface area contributed by atoms with E-state index in [-0.39, 0.29) is 0 Å². The number of nitrogens with one attached hydrogen (secondary N) is 2. The van der Waals surface area contributed by atoms with Crippen LogP contribution in [0, 0.1) is 6.92 Å². The third-order valence-corrected chi connectivity index (χ3v) is 5.81. The van der Waals surface area contributed by atoms with Crippen LogP contribution in [0.2, 0.25) is 0 Å². The second-order valence-electron chi connectivity index (χ2n) is 8.63. The Kier molecular flexibility index (Phi) is 9.14. The Labute approximate surface area is 199 Å². The highest BCUT2D eigenvalue weighted by molar-refractivity contribution is 5.74. The van der Waals surface area contributed by atoms with E-state index in [2.05, 4.69) is 123 Å². The van der Waals surface area contributed by atoms with Crippen LogP contribution in [0.15, 0.2) is 109 Å². The molecule has 0 saturated carbocycles. The van der Waals surface area contributed by atoms with Gasteiger partial charge in [0.15, 0.2) is 0 Å². The van der Waals surface area contributed by atoms with E-state index in [1.165, 1.54) is 27.8 Å².